The number of methoxy groups -OCH3 is 2. The molecule has 0 saturated carbocycles. The van der Waals surface area contributed by atoms with Crippen LogP contribution in [0.4, 0.5) is 5.00 Å². The molecule has 0 aliphatic heterocycles. The number of thiophene rings is 1. The Morgan fingerprint density at radius 1 is 1.19 bits per heavy atom. The first kappa shape index (κ1) is 15.2. The molecule has 0 atom stereocenters. The number of esters is 1. The largest absolute Gasteiger partial charge is 0.497 e. The van der Waals surface area contributed by atoms with E-state index in [9.17, 15) is 4.79 Å². The third kappa shape index (κ3) is 3.11. The van der Waals surface area contributed by atoms with Gasteiger partial charge in [0, 0.05) is 17.0 Å². The summed E-state index contributed by atoms with van der Waals surface area (Å²) in [6.07, 6.45) is 0. The maximum atomic E-state index is 12.1. The van der Waals surface area contributed by atoms with Crippen LogP contribution in [0.2, 0.25) is 0 Å². The summed E-state index contributed by atoms with van der Waals surface area (Å²) < 4.78 is 15.6. The van der Waals surface area contributed by atoms with Gasteiger partial charge in [-0.25, -0.2) is 4.79 Å². The van der Waals surface area contributed by atoms with Crippen LogP contribution < -0.4 is 15.2 Å². The van der Waals surface area contributed by atoms with Crippen LogP contribution in [0.3, 0.4) is 0 Å². The minimum Gasteiger partial charge on any atom is -0.497 e. The van der Waals surface area contributed by atoms with E-state index in [1.165, 1.54) is 11.3 Å². The molecule has 2 aromatic rings. The minimum absolute atomic E-state index is 0.301. The summed E-state index contributed by atoms with van der Waals surface area (Å²) in [7, 11) is 3.15. The van der Waals surface area contributed by atoms with E-state index >= 15 is 0 Å². The highest BCUT2D eigenvalue weighted by atomic mass is 32.1. The average Bonchev–Trinajstić information content (AvgIpc) is 2.88. The quantitative estimate of drug-likeness (QED) is 0.859. The predicted octanol–water partition coefficient (Wildman–Crippen LogP) is 3.19. The number of carbonyl (C=O) groups excluding carboxylic acids is 1. The summed E-state index contributed by atoms with van der Waals surface area (Å²) in [6.45, 7) is 2.06. The SMILES string of the molecule is CCOC(=O)c1c(-c2cc(OC)cc(OC)c2)csc1N. The molecule has 1 heterocycles. The van der Waals surface area contributed by atoms with E-state index in [-0.39, 0.29) is 0 Å². The van der Waals surface area contributed by atoms with Gasteiger partial charge in [-0.3, -0.25) is 0 Å². The smallest absolute Gasteiger partial charge is 0.341 e. The Bertz CT molecular complexity index is 629. The maximum Gasteiger partial charge on any atom is 0.341 e. The number of hydrogen-bond donors (Lipinski definition) is 1. The van der Waals surface area contributed by atoms with E-state index in [4.69, 9.17) is 19.9 Å². The Morgan fingerprint density at radius 3 is 2.33 bits per heavy atom. The van der Waals surface area contributed by atoms with E-state index in [1.54, 1.807) is 27.2 Å². The molecule has 2 N–H and O–H groups in total. The monoisotopic (exact) mass is 307 g/mol. The number of hydrogen-bond acceptors (Lipinski definition) is 6. The second-order valence-corrected chi connectivity index (χ2v) is 5.12. The third-order valence-corrected chi connectivity index (χ3v) is 3.77. The molecule has 21 heavy (non-hydrogen) atoms. The first-order valence-corrected chi connectivity index (χ1v) is 7.26. The molecule has 1 aromatic carbocycles. The van der Waals surface area contributed by atoms with Crippen molar-refractivity contribution in [2.24, 2.45) is 0 Å². The number of nitrogens with two attached hydrogens (primary N) is 1. The number of ether oxygens (including phenoxy) is 3. The predicted molar refractivity (Wildman–Crippen MR) is 83.2 cm³/mol. The van der Waals surface area contributed by atoms with Gasteiger partial charge in [0.2, 0.25) is 0 Å². The van der Waals surface area contributed by atoms with Gasteiger partial charge in [0.05, 0.1) is 20.8 Å². The third-order valence-electron chi connectivity index (χ3n) is 2.96. The molecular formula is C15H17NO4S. The van der Waals surface area contributed by atoms with Crippen molar-refractivity contribution >= 4 is 22.3 Å². The number of anilines is 1. The van der Waals surface area contributed by atoms with Gasteiger partial charge in [0.1, 0.15) is 22.1 Å². The Kier molecular flexibility index (Phi) is 4.70. The topological polar surface area (TPSA) is 70.8 Å². The average molecular weight is 307 g/mol. The van der Waals surface area contributed by atoms with Crippen LogP contribution in [0.15, 0.2) is 23.6 Å². The van der Waals surface area contributed by atoms with Crippen molar-refractivity contribution in [2.75, 3.05) is 26.6 Å². The number of carbonyl (C=O) groups is 1. The summed E-state index contributed by atoms with van der Waals surface area (Å²) in [5, 5.41) is 2.26. The van der Waals surface area contributed by atoms with Crippen molar-refractivity contribution in [3.63, 3.8) is 0 Å². The van der Waals surface area contributed by atoms with Crippen LogP contribution in [0.1, 0.15) is 17.3 Å². The lowest BCUT2D eigenvalue weighted by molar-refractivity contribution is 0.0529. The van der Waals surface area contributed by atoms with E-state index in [0.717, 1.165) is 5.56 Å². The van der Waals surface area contributed by atoms with Crippen LogP contribution >= 0.6 is 11.3 Å². The normalized spacial score (nSPS) is 10.2. The fourth-order valence-electron chi connectivity index (χ4n) is 1.96. The number of nitrogen functional groups attached to an aromatic ring is 1. The maximum absolute atomic E-state index is 12.1. The molecule has 0 radical (unpaired) electrons. The first-order chi connectivity index (χ1) is 10.1. The fourth-order valence-corrected chi connectivity index (χ4v) is 2.77. The van der Waals surface area contributed by atoms with Crippen LogP contribution in [-0.4, -0.2) is 26.8 Å². The molecule has 1 aromatic heterocycles. The van der Waals surface area contributed by atoms with Gasteiger partial charge in [0.25, 0.3) is 0 Å². The number of benzene rings is 1. The second kappa shape index (κ2) is 6.49. The first-order valence-electron chi connectivity index (χ1n) is 6.38. The molecule has 6 heteroatoms. The molecular weight excluding hydrogens is 290 g/mol. The molecule has 0 fully saturated rings. The van der Waals surface area contributed by atoms with Gasteiger partial charge < -0.3 is 19.9 Å². The summed E-state index contributed by atoms with van der Waals surface area (Å²) in [5.41, 5.74) is 7.80. The highest BCUT2D eigenvalue weighted by molar-refractivity contribution is 7.14. The van der Waals surface area contributed by atoms with Crippen molar-refractivity contribution in [3.05, 3.63) is 29.1 Å². The summed E-state index contributed by atoms with van der Waals surface area (Å²) in [6, 6.07) is 5.42. The molecule has 0 unspecified atom stereocenters. The van der Waals surface area contributed by atoms with E-state index < -0.39 is 5.97 Å². The summed E-state index contributed by atoms with van der Waals surface area (Å²) >= 11 is 1.30. The van der Waals surface area contributed by atoms with Gasteiger partial charge in [-0.15, -0.1) is 11.3 Å². The lowest BCUT2D eigenvalue weighted by Gasteiger charge is -2.09. The van der Waals surface area contributed by atoms with Crippen LogP contribution in [-0.2, 0) is 4.74 Å². The molecule has 0 aliphatic rings. The zero-order valence-corrected chi connectivity index (χ0v) is 13.0. The Morgan fingerprint density at radius 2 is 1.81 bits per heavy atom. The highest BCUT2D eigenvalue weighted by Crippen LogP contribution is 2.37. The summed E-state index contributed by atoms with van der Waals surface area (Å²) in [5.74, 6) is 0.862. The van der Waals surface area contributed by atoms with Crippen molar-refractivity contribution in [2.45, 2.75) is 6.92 Å². The highest BCUT2D eigenvalue weighted by Gasteiger charge is 2.20. The summed E-state index contributed by atoms with van der Waals surface area (Å²) in [4.78, 5) is 12.1. The number of rotatable bonds is 5. The van der Waals surface area contributed by atoms with Gasteiger partial charge >= 0.3 is 5.97 Å². The van der Waals surface area contributed by atoms with Crippen molar-refractivity contribution in [3.8, 4) is 22.6 Å². The van der Waals surface area contributed by atoms with E-state index in [0.29, 0.717) is 34.2 Å². The lowest BCUT2D eigenvalue weighted by atomic mass is 10.0. The van der Waals surface area contributed by atoms with Gasteiger partial charge in [-0.2, -0.15) is 0 Å². The molecule has 0 amide bonds. The van der Waals surface area contributed by atoms with E-state index in [2.05, 4.69) is 0 Å². The zero-order valence-electron chi connectivity index (χ0n) is 12.1. The van der Waals surface area contributed by atoms with Gasteiger partial charge in [-0.1, -0.05) is 0 Å². The molecule has 0 spiro atoms. The van der Waals surface area contributed by atoms with Crippen LogP contribution in [0.25, 0.3) is 11.1 Å². The lowest BCUT2D eigenvalue weighted by Crippen LogP contribution is -2.07. The van der Waals surface area contributed by atoms with Gasteiger partial charge in [0.15, 0.2) is 0 Å². The van der Waals surface area contributed by atoms with Crippen LogP contribution in [0, 0.1) is 0 Å². The second-order valence-electron chi connectivity index (χ2n) is 4.21. The molecule has 0 saturated heterocycles. The molecule has 5 nitrogen and oxygen atoms in total. The Hall–Kier alpha value is -2.21. The van der Waals surface area contributed by atoms with Crippen molar-refractivity contribution in [1.82, 2.24) is 0 Å². The molecule has 0 aliphatic carbocycles. The van der Waals surface area contributed by atoms with Crippen LogP contribution in [0.5, 0.6) is 11.5 Å². The Labute approximate surface area is 127 Å². The zero-order chi connectivity index (χ0) is 15.4. The fraction of sp³-hybridized carbons (Fsp3) is 0.267. The molecule has 112 valence electrons. The van der Waals surface area contributed by atoms with E-state index in [1.807, 2.05) is 17.5 Å². The van der Waals surface area contributed by atoms with Crippen molar-refractivity contribution in [1.29, 1.82) is 0 Å². The standard InChI is InChI=1S/C15H17NO4S/c1-4-20-15(17)13-12(8-21-14(13)16)9-5-10(18-2)7-11(6-9)19-3/h5-8H,4,16H2,1-3H3. The van der Waals surface area contributed by atoms with Crippen molar-refractivity contribution < 1.29 is 19.0 Å². The van der Waals surface area contributed by atoms with Gasteiger partial charge in [-0.05, 0) is 24.6 Å². The molecule has 0 bridgehead atoms. The minimum atomic E-state index is -0.423. The molecule has 2 rings (SSSR count). The Balaban J connectivity index is 2.54.